The van der Waals surface area contributed by atoms with Crippen molar-refractivity contribution < 1.29 is 19.8 Å². The van der Waals surface area contributed by atoms with E-state index in [0.29, 0.717) is 4.47 Å². The van der Waals surface area contributed by atoms with Crippen molar-refractivity contribution in [2.24, 2.45) is 0 Å². The van der Waals surface area contributed by atoms with Gasteiger partial charge in [-0.05, 0) is 31.2 Å². The number of halogens is 1. The van der Waals surface area contributed by atoms with Crippen molar-refractivity contribution in [3.05, 3.63) is 44.7 Å². The average molecular weight is 356 g/mol. The molecule has 0 radical (unpaired) electrons. The molecule has 2 rings (SSSR count). The number of phenolic OH excluding ortho intramolecular Hbond substituents is 1. The molecule has 7 heteroatoms. The van der Waals surface area contributed by atoms with E-state index in [1.807, 2.05) is 0 Å². The quantitative estimate of drug-likeness (QED) is 0.786. The lowest BCUT2D eigenvalue weighted by atomic mass is 10.2. The summed E-state index contributed by atoms with van der Waals surface area (Å²) in [5.41, 5.74) is 0.108. The Kier molecular flexibility index (Phi) is 4.10. The van der Waals surface area contributed by atoms with Crippen molar-refractivity contribution in [2.45, 2.75) is 6.92 Å². The molecule has 1 heterocycles. The van der Waals surface area contributed by atoms with Crippen LogP contribution < -0.4 is 5.32 Å². The smallest absolute Gasteiger partial charge is 0.338 e. The second-order valence-electron chi connectivity index (χ2n) is 4.02. The summed E-state index contributed by atoms with van der Waals surface area (Å²) in [6.45, 7) is 1.75. The van der Waals surface area contributed by atoms with Gasteiger partial charge >= 0.3 is 5.97 Å². The number of aromatic hydroxyl groups is 1. The van der Waals surface area contributed by atoms with Gasteiger partial charge in [-0.3, -0.25) is 4.79 Å². The van der Waals surface area contributed by atoms with E-state index in [4.69, 9.17) is 5.11 Å². The van der Waals surface area contributed by atoms with Crippen LogP contribution >= 0.6 is 27.3 Å². The fourth-order valence-corrected chi connectivity index (χ4v) is 2.89. The van der Waals surface area contributed by atoms with Crippen LogP contribution in [0.15, 0.2) is 28.7 Å². The van der Waals surface area contributed by atoms with Crippen LogP contribution in [0.4, 0.5) is 5.00 Å². The number of anilines is 1. The van der Waals surface area contributed by atoms with Crippen LogP contribution in [0.2, 0.25) is 0 Å². The second-order valence-corrected chi connectivity index (χ2v) is 6.19. The maximum Gasteiger partial charge on any atom is 0.338 e. The lowest BCUT2D eigenvalue weighted by Crippen LogP contribution is -2.13. The van der Waals surface area contributed by atoms with Crippen LogP contribution in [0.3, 0.4) is 0 Å². The van der Waals surface area contributed by atoms with Gasteiger partial charge in [-0.1, -0.05) is 15.9 Å². The highest BCUT2D eigenvalue weighted by Crippen LogP contribution is 2.29. The predicted octanol–water partition coefficient (Wildman–Crippen LogP) is 3.48. The number of amides is 1. The minimum Gasteiger partial charge on any atom is -0.507 e. The van der Waals surface area contributed by atoms with Crippen molar-refractivity contribution in [1.29, 1.82) is 0 Å². The first-order valence-corrected chi connectivity index (χ1v) is 7.13. The molecule has 104 valence electrons. The maximum atomic E-state index is 12.1. The van der Waals surface area contributed by atoms with E-state index in [1.54, 1.807) is 13.0 Å². The zero-order chi connectivity index (χ0) is 14.9. The van der Waals surface area contributed by atoms with Crippen LogP contribution in [-0.2, 0) is 0 Å². The summed E-state index contributed by atoms with van der Waals surface area (Å²) in [5, 5.41) is 21.5. The highest BCUT2D eigenvalue weighted by Gasteiger charge is 2.18. The summed E-state index contributed by atoms with van der Waals surface area (Å²) in [6.07, 6.45) is 0. The number of thiophene rings is 1. The van der Waals surface area contributed by atoms with Gasteiger partial charge in [-0.15, -0.1) is 11.3 Å². The predicted molar refractivity (Wildman–Crippen MR) is 79.8 cm³/mol. The van der Waals surface area contributed by atoms with Crippen LogP contribution in [-0.4, -0.2) is 22.1 Å². The number of carbonyl (C=O) groups excluding carboxylic acids is 1. The number of carboxylic acid groups (broad SMARTS) is 1. The van der Waals surface area contributed by atoms with E-state index in [1.165, 1.54) is 29.5 Å². The van der Waals surface area contributed by atoms with Crippen molar-refractivity contribution in [1.82, 2.24) is 0 Å². The number of benzene rings is 1. The summed E-state index contributed by atoms with van der Waals surface area (Å²) in [7, 11) is 0. The number of hydrogen-bond donors (Lipinski definition) is 3. The molecule has 0 aliphatic heterocycles. The third-order valence-electron chi connectivity index (χ3n) is 2.52. The molecule has 20 heavy (non-hydrogen) atoms. The molecule has 5 nitrogen and oxygen atoms in total. The highest BCUT2D eigenvalue weighted by molar-refractivity contribution is 9.10. The lowest BCUT2D eigenvalue weighted by Gasteiger charge is -2.06. The Balaban J connectivity index is 2.32. The van der Waals surface area contributed by atoms with Crippen molar-refractivity contribution in [3.8, 4) is 5.75 Å². The molecule has 0 aliphatic rings. The molecule has 0 aliphatic carbocycles. The molecule has 0 unspecified atom stereocenters. The number of carboxylic acids is 1. The molecule has 0 atom stereocenters. The molecular formula is C13H10BrNO4S. The Morgan fingerprint density at radius 2 is 1.95 bits per heavy atom. The number of phenols is 1. The van der Waals surface area contributed by atoms with Gasteiger partial charge in [0.2, 0.25) is 0 Å². The second kappa shape index (κ2) is 5.64. The van der Waals surface area contributed by atoms with Gasteiger partial charge in [0.15, 0.2) is 0 Å². The van der Waals surface area contributed by atoms with E-state index in [-0.39, 0.29) is 21.9 Å². The largest absolute Gasteiger partial charge is 0.507 e. The first kappa shape index (κ1) is 14.5. The molecule has 1 aromatic heterocycles. The Labute approximate surface area is 127 Å². The topological polar surface area (TPSA) is 86.6 Å². The molecule has 1 aromatic carbocycles. The number of aromatic carboxylic acids is 1. The summed E-state index contributed by atoms with van der Waals surface area (Å²) in [6, 6.07) is 5.94. The van der Waals surface area contributed by atoms with E-state index < -0.39 is 11.9 Å². The summed E-state index contributed by atoms with van der Waals surface area (Å²) in [4.78, 5) is 23.9. The summed E-state index contributed by atoms with van der Waals surface area (Å²) >= 11 is 4.38. The molecule has 0 saturated carbocycles. The van der Waals surface area contributed by atoms with Crippen LogP contribution in [0.1, 0.15) is 25.6 Å². The van der Waals surface area contributed by atoms with Crippen LogP contribution in [0.25, 0.3) is 0 Å². The van der Waals surface area contributed by atoms with Crippen molar-refractivity contribution >= 4 is 44.1 Å². The Morgan fingerprint density at radius 3 is 2.60 bits per heavy atom. The Hall–Kier alpha value is -1.86. The fraction of sp³-hybridized carbons (Fsp3) is 0.0769. The van der Waals surface area contributed by atoms with E-state index in [0.717, 1.165) is 4.88 Å². The number of carbonyl (C=O) groups is 2. The van der Waals surface area contributed by atoms with Gasteiger partial charge in [0.1, 0.15) is 10.8 Å². The summed E-state index contributed by atoms with van der Waals surface area (Å²) in [5.74, 6) is -1.84. The molecule has 2 aromatic rings. The van der Waals surface area contributed by atoms with Gasteiger partial charge < -0.3 is 15.5 Å². The molecule has 0 saturated heterocycles. The molecule has 1 amide bonds. The first-order valence-electron chi connectivity index (χ1n) is 5.52. The number of hydrogen-bond acceptors (Lipinski definition) is 4. The minimum absolute atomic E-state index is 0.0373. The zero-order valence-electron chi connectivity index (χ0n) is 10.3. The number of nitrogens with one attached hydrogen (secondary N) is 1. The molecule has 3 N–H and O–H groups in total. The van der Waals surface area contributed by atoms with Gasteiger partial charge in [-0.25, -0.2) is 4.79 Å². The molecular weight excluding hydrogens is 346 g/mol. The number of aryl methyl sites for hydroxylation is 1. The van der Waals surface area contributed by atoms with Gasteiger partial charge in [0, 0.05) is 9.35 Å². The van der Waals surface area contributed by atoms with Crippen LogP contribution in [0.5, 0.6) is 5.75 Å². The van der Waals surface area contributed by atoms with E-state index in [9.17, 15) is 14.7 Å². The Morgan fingerprint density at radius 1 is 1.25 bits per heavy atom. The van der Waals surface area contributed by atoms with Crippen molar-refractivity contribution in [2.75, 3.05) is 5.32 Å². The molecule has 0 bridgehead atoms. The highest BCUT2D eigenvalue weighted by atomic mass is 79.9. The standard InChI is InChI=1S/C13H10BrNO4S/c1-6-4-9(13(18)19)12(20-6)15-11(17)8-5-7(14)2-3-10(8)16/h2-5,16H,1H3,(H,15,17)(H,18,19). The fourth-order valence-electron chi connectivity index (χ4n) is 1.63. The maximum absolute atomic E-state index is 12.1. The van der Waals surface area contributed by atoms with E-state index >= 15 is 0 Å². The lowest BCUT2D eigenvalue weighted by molar-refractivity contribution is 0.0698. The van der Waals surface area contributed by atoms with Crippen LogP contribution in [0, 0.1) is 6.92 Å². The van der Waals surface area contributed by atoms with Gasteiger partial charge in [0.05, 0.1) is 11.1 Å². The molecule has 0 spiro atoms. The third-order valence-corrected chi connectivity index (χ3v) is 3.98. The zero-order valence-corrected chi connectivity index (χ0v) is 12.7. The SMILES string of the molecule is Cc1cc(C(=O)O)c(NC(=O)c2cc(Br)ccc2O)s1. The molecule has 0 fully saturated rings. The minimum atomic E-state index is -1.11. The van der Waals surface area contributed by atoms with E-state index in [2.05, 4.69) is 21.2 Å². The third kappa shape index (κ3) is 3.00. The normalized spacial score (nSPS) is 10.3. The number of rotatable bonds is 3. The van der Waals surface area contributed by atoms with Crippen molar-refractivity contribution in [3.63, 3.8) is 0 Å². The van der Waals surface area contributed by atoms with Gasteiger partial charge in [0.25, 0.3) is 5.91 Å². The Bertz CT molecular complexity index is 696. The van der Waals surface area contributed by atoms with Gasteiger partial charge in [-0.2, -0.15) is 0 Å². The summed E-state index contributed by atoms with van der Waals surface area (Å²) < 4.78 is 0.640. The monoisotopic (exact) mass is 355 g/mol. The first-order chi connectivity index (χ1) is 9.38. The average Bonchev–Trinajstić information content (AvgIpc) is 2.73.